The lowest BCUT2D eigenvalue weighted by Crippen LogP contribution is -2.24. The van der Waals surface area contributed by atoms with Gasteiger partial charge in [-0.2, -0.15) is 18.2 Å². The number of rotatable bonds is 2. The summed E-state index contributed by atoms with van der Waals surface area (Å²) in [6.07, 6.45) is -5.77. The molecule has 0 radical (unpaired) electrons. The maximum absolute atomic E-state index is 11.9. The maximum atomic E-state index is 11.9. The van der Waals surface area contributed by atoms with Crippen LogP contribution in [-0.4, -0.2) is 22.1 Å². The first-order chi connectivity index (χ1) is 7.10. The summed E-state index contributed by atoms with van der Waals surface area (Å²) in [5.41, 5.74) is -0.428. The van der Waals surface area contributed by atoms with E-state index in [0.29, 0.717) is 0 Å². The fraction of sp³-hybridized carbons (Fsp3) is 0.667. The number of hydrogen-bond donors (Lipinski definition) is 0. The van der Waals surface area contributed by atoms with E-state index in [1.165, 1.54) is 0 Å². The number of carbonyl (C=O) groups is 1. The van der Waals surface area contributed by atoms with Gasteiger partial charge >= 0.3 is 6.18 Å². The summed E-state index contributed by atoms with van der Waals surface area (Å²) < 4.78 is 40.4. The van der Waals surface area contributed by atoms with Crippen molar-refractivity contribution in [2.45, 2.75) is 38.8 Å². The molecule has 0 spiro atoms. The Morgan fingerprint density at radius 3 is 2.25 bits per heavy atom. The first-order valence-corrected chi connectivity index (χ1v) is 4.54. The molecular formula is C9H11F3N2O2. The zero-order valence-corrected chi connectivity index (χ0v) is 9.05. The molecule has 1 rings (SSSR count). The third-order valence-corrected chi connectivity index (χ3v) is 1.77. The second kappa shape index (κ2) is 3.88. The van der Waals surface area contributed by atoms with Gasteiger partial charge in [0.25, 0.3) is 0 Å². The Balaban J connectivity index is 2.78. The first kappa shape index (κ1) is 12.7. The van der Waals surface area contributed by atoms with Crippen LogP contribution in [-0.2, 0) is 16.6 Å². The minimum Gasteiger partial charge on any atom is -0.339 e. The molecular weight excluding hydrogens is 225 g/mol. The Morgan fingerprint density at radius 1 is 1.31 bits per heavy atom. The van der Waals surface area contributed by atoms with Crippen LogP contribution >= 0.6 is 0 Å². The summed E-state index contributed by atoms with van der Waals surface area (Å²) in [7, 11) is 0. The minimum absolute atomic E-state index is 0.275. The largest absolute Gasteiger partial charge is 0.450 e. The van der Waals surface area contributed by atoms with E-state index in [4.69, 9.17) is 0 Å². The average molecular weight is 236 g/mol. The van der Waals surface area contributed by atoms with Gasteiger partial charge in [-0.3, -0.25) is 4.79 Å². The normalized spacial score (nSPS) is 12.9. The van der Waals surface area contributed by atoms with Gasteiger partial charge in [-0.1, -0.05) is 25.9 Å². The Kier molecular flexibility index (Phi) is 3.07. The first-order valence-electron chi connectivity index (χ1n) is 4.54. The van der Waals surface area contributed by atoms with Gasteiger partial charge in [-0.25, -0.2) is 0 Å². The maximum Gasteiger partial charge on any atom is 0.450 e. The van der Waals surface area contributed by atoms with Gasteiger partial charge in [-0.15, -0.1) is 0 Å². The van der Waals surface area contributed by atoms with Crippen LogP contribution in [0.3, 0.4) is 0 Å². The summed E-state index contributed by atoms with van der Waals surface area (Å²) in [4.78, 5) is 14.4. The minimum atomic E-state index is -4.86. The molecule has 0 unspecified atom stereocenters. The van der Waals surface area contributed by atoms with Crippen LogP contribution in [0.25, 0.3) is 0 Å². The summed E-state index contributed by atoms with van der Waals surface area (Å²) in [6, 6.07) is 0. The Bertz CT molecular complexity index is 390. The molecule has 90 valence electrons. The molecule has 0 aliphatic carbocycles. The molecule has 4 nitrogen and oxygen atoms in total. The van der Waals surface area contributed by atoms with Gasteiger partial charge in [0.1, 0.15) is 0 Å². The molecule has 7 heteroatoms. The van der Waals surface area contributed by atoms with Crippen molar-refractivity contribution in [3.8, 4) is 0 Å². The zero-order valence-electron chi connectivity index (χ0n) is 9.05. The van der Waals surface area contributed by atoms with E-state index in [9.17, 15) is 18.0 Å². The van der Waals surface area contributed by atoms with E-state index in [2.05, 4.69) is 14.7 Å². The number of carbonyl (C=O) groups excluding carboxylic acids is 1. The van der Waals surface area contributed by atoms with E-state index in [0.717, 1.165) is 0 Å². The van der Waals surface area contributed by atoms with Crippen LogP contribution in [0.5, 0.6) is 0 Å². The summed E-state index contributed by atoms with van der Waals surface area (Å²) >= 11 is 0. The van der Waals surface area contributed by atoms with E-state index in [-0.39, 0.29) is 11.7 Å². The highest BCUT2D eigenvalue weighted by molar-refractivity contribution is 5.85. The molecule has 0 saturated heterocycles. The van der Waals surface area contributed by atoms with Crippen molar-refractivity contribution in [1.82, 2.24) is 10.1 Å². The number of nitrogens with zero attached hydrogens (tertiary/aromatic N) is 2. The highest BCUT2D eigenvalue weighted by atomic mass is 19.4. The molecule has 0 aliphatic heterocycles. The topological polar surface area (TPSA) is 56.0 Å². The molecule has 0 bridgehead atoms. The number of Topliss-reactive ketones (excluding diaryl/α,β-unsaturated/α-hetero) is 1. The van der Waals surface area contributed by atoms with Crippen molar-refractivity contribution in [3.05, 3.63) is 11.7 Å². The van der Waals surface area contributed by atoms with Crippen molar-refractivity contribution in [2.75, 3.05) is 0 Å². The highest BCUT2D eigenvalue weighted by Crippen LogP contribution is 2.21. The number of ketones is 1. The monoisotopic (exact) mass is 236 g/mol. The van der Waals surface area contributed by atoms with Gasteiger partial charge in [0.15, 0.2) is 5.82 Å². The molecule has 0 amide bonds. The zero-order chi connectivity index (χ0) is 12.6. The van der Waals surface area contributed by atoms with Crippen molar-refractivity contribution in [3.63, 3.8) is 0 Å². The number of alkyl halides is 3. The smallest absolute Gasteiger partial charge is 0.339 e. The summed E-state index contributed by atoms with van der Waals surface area (Å²) in [5, 5.41) is 3.52. The fourth-order valence-corrected chi connectivity index (χ4v) is 0.869. The molecule has 1 aromatic rings. The fourth-order valence-electron chi connectivity index (χ4n) is 0.869. The molecule has 1 aromatic heterocycles. The van der Waals surface area contributed by atoms with Gasteiger partial charge in [0.2, 0.25) is 11.7 Å². The van der Waals surface area contributed by atoms with Crippen molar-refractivity contribution >= 4 is 5.78 Å². The second-order valence-corrected chi connectivity index (χ2v) is 4.36. The number of hydrogen-bond acceptors (Lipinski definition) is 4. The van der Waals surface area contributed by atoms with Crippen LogP contribution in [0.4, 0.5) is 13.2 Å². The average Bonchev–Trinajstić information content (AvgIpc) is 2.49. The lowest BCUT2D eigenvalue weighted by molar-refractivity contribution is -0.170. The van der Waals surface area contributed by atoms with Crippen LogP contribution in [0, 0.1) is 0 Å². The third kappa shape index (κ3) is 3.04. The quantitative estimate of drug-likeness (QED) is 0.788. The van der Waals surface area contributed by atoms with Crippen LogP contribution in [0.15, 0.2) is 4.52 Å². The van der Waals surface area contributed by atoms with Gasteiger partial charge in [-0.05, 0) is 0 Å². The van der Waals surface area contributed by atoms with E-state index in [1.807, 2.05) is 0 Å². The Morgan fingerprint density at radius 2 is 1.88 bits per heavy atom. The molecule has 0 aromatic carbocycles. The highest BCUT2D eigenvalue weighted by Gasteiger charge is 2.39. The Hall–Kier alpha value is -1.40. The van der Waals surface area contributed by atoms with E-state index >= 15 is 0 Å². The summed E-state index contributed by atoms with van der Waals surface area (Å²) in [5.74, 6) is -1.93. The predicted octanol–water partition coefficient (Wildman–Crippen LogP) is 2.04. The van der Waals surface area contributed by atoms with Gasteiger partial charge in [0.05, 0.1) is 6.42 Å². The van der Waals surface area contributed by atoms with Gasteiger partial charge < -0.3 is 4.52 Å². The second-order valence-electron chi connectivity index (χ2n) is 4.36. The molecule has 0 saturated carbocycles. The molecule has 0 N–H and O–H groups in total. The van der Waals surface area contributed by atoms with E-state index in [1.54, 1.807) is 20.8 Å². The van der Waals surface area contributed by atoms with Crippen LogP contribution in [0.2, 0.25) is 0 Å². The number of halogens is 3. The predicted molar refractivity (Wildman–Crippen MR) is 47.8 cm³/mol. The molecule has 1 heterocycles. The molecule has 16 heavy (non-hydrogen) atoms. The van der Waals surface area contributed by atoms with Crippen LogP contribution in [0.1, 0.15) is 32.5 Å². The molecule has 0 atom stereocenters. The van der Waals surface area contributed by atoms with Gasteiger partial charge in [0, 0.05) is 5.41 Å². The SMILES string of the molecule is CC(C)(C)c1noc(CC(=O)C(F)(F)F)n1. The Labute approximate surface area is 89.8 Å². The van der Waals surface area contributed by atoms with Crippen LogP contribution < -0.4 is 0 Å². The van der Waals surface area contributed by atoms with Crippen molar-refractivity contribution in [2.24, 2.45) is 0 Å². The van der Waals surface area contributed by atoms with E-state index < -0.39 is 23.8 Å². The summed E-state index contributed by atoms with van der Waals surface area (Å²) in [6.45, 7) is 5.35. The lowest BCUT2D eigenvalue weighted by atomic mass is 9.96. The molecule has 0 fully saturated rings. The lowest BCUT2D eigenvalue weighted by Gasteiger charge is -2.10. The number of aromatic nitrogens is 2. The standard InChI is InChI=1S/C9H11F3N2O2/c1-8(2,3)7-13-6(16-14-7)4-5(15)9(10,11)12/h4H2,1-3H3. The van der Waals surface area contributed by atoms with Crippen molar-refractivity contribution in [1.29, 1.82) is 0 Å². The third-order valence-electron chi connectivity index (χ3n) is 1.77. The van der Waals surface area contributed by atoms with Crippen molar-refractivity contribution < 1.29 is 22.5 Å². The molecule has 0 aliphatic rings.